The lowest BCUT2D eigenvalue weighted by atomic mass is 9.90. The second kappa shape index (κ2) is 8.63. The van der Waals surface area contributed by atoms with E-state index in [1.54, 1.807) is 0 Å². The summed E-state index contributed by atoms with van der Waals surface area (Å²) in [6, 6.07) is 17.5. The molecule has 0 radical (unpaired) electrons. The van der Waals surface area contributed by atoms with Gasteiger partial charge in [-0.05, 0) is 17.7 Å². The van der Waals surface area contributed by atoms with Crippen LogP contribution in [0, 0.1) is 0 Å². The summed E-state index contributed by atoms with van der Waals surface area (Å²) < 4.78 is 23.3. The van der Waals surface area contributed by atoms with Crippen LogP contribution in [0.1, 0.15) is 23.5 Å². The Labute approximate surface area is 175 Å². The summed E-state index contributed by atoms with van der Waals surface area (Å²) in [6.07, 6.45) is -4.48. The molecule has 2 N–H and O–H groups in total. The average Bonchev–Trinajstić information content (AvgIpc) is 2.82. The molecule has 0 aliphatic carbocycles. The fourth-order valence-electron chi connectivity index (χ4n) is 4.36. The van der Waals surface area contributed by atoms with Gasteiger partial charge >= 0.3 is 0 Å². The Balaban J connectivity index is 1.29. The van der Waals surface area contributed by atoms with Crippen molar-refractivity contribution < 1.29 is 29.2 Å². The number of morpholine rings is 1. The van der Waals surface area contributed by atoms with Crippen LogP contribution in [0.15, 0.2) is 54.6 Å². The van der Waals surface area contributed by atoms with Crippen LogP contribution in [0.3, 0.4) is 0 Å². The highest BCUT2D eigenvalue weighted by Crippen LogP contribution is 2.39. The summed E-state index contributed by atoms with van der Waals surface area (Å²) in [5, 5.41) is 21.6. The van der Waals surface area contributed by atoms with Crippen LogP contribution < -0.4 is 4.90 Å². The zero-order valence-electron chi connectivity index (χ0n) is 16.7. The molecule has 7 heteroatoms. The van der Waals surface area contributed by atoms with E-state index in [9.17, 15) is 10.2 Å². The Morgan fingerprint density at radius 1 is 0.800 bits per heavy atom. The maximum atomic E-state index is 10.8. The van der Waals surface area contributed by atoms with Gasteiger partial charge in [-0.15, -0.1) is 0 Å². The first kappa shape index (κ1) is 19.9. The Morgan fingerprint density at radius 2 is 1.53 bits per heavy atom. The zero-order chi connectivity index (χ0) is 20.5. The van der Waals surface area contributed by atoms with E-state index >= 15 is 0 Å². The second-order valence-corrected chi connectivity index (χ2v) is 7.94. The summed E-state index contributed by atoms with van der Waals surface area (Å²) in [7, 11) is 0. The number of hydrogen-bond acceptors (Lipinski definition) is 7. The normalized spacial score (nSPS) is 34.4. The molecular weight excluding hydrogens is 386 g/mol. The molecule has 5 rings (SSSR count). The van der Waals surface area contributed by atoms with Crippen LogP contribution in [0.25, 0.3) is 0 Å². The summed E-state index contributed by atoms with van der Waals surface area (Å²) in [5.41, 5.74) is 2.81. The van der Waals surface area contributed by atoms with Crippen molar-refractivity contribution in [3.05, 3.63) is 65.7 Å². The van der Waals surface area contributed by atoms with Gasteiger partial charge in [0, 0.05) is 24.3 Å². The summed E-state index contributed by atoms with van der Waals surface area (Å²) in [5.74, 6) is 0. The van der Waals surface area contributed by atoms with Gasteiger partial charge in [-0.1, -0.05) is 42.5 Å². The van der Waals surface area contributed by atoms with Crippen molar-refractivity contribution in [3.63, 3.8) is 0 Å². The van der Waals surface area contributed by atoms with Gasteiger partial charge in [-0.3, -0.25) is 0 Å². The first-order valence-corrected chi connectivity index (χ1v) is 10.5. The second-order valence-electron chi connectivity index (χ2n) is 7.94. The van der Waals surface area contributed by atoms with Crippen molar-refractivity contribution in [1.29, 1.82) is 0 Å². The lowest BCUT2D eigenvalue weighted by Crippen LogP contribution is -2.59. The van der Waals surface area contributed by atoms with Gasteiger partial charge in [0.2, 0.25) is 0 Å². The summed E-state index contributed by atoms with van der Waals surface area (Å²) in [6.45, 7) is 3.47. The fraction of sp³-hybridized carbons (Fsp3) is 0.478. The molecule has 6 atom stereocenters. The molecule has 30 heavy (non-hydrogen) atoms. The SMILES string of the molecule is O[C@@H]1[C@@H](O)[C@H](c2ccc(N3CCOCC3)cc2)O[C@@H]2COC(c3ccccc3)O[C@@H]12. The van der Waals surface area contributed by atoms with Gasteiger partial charge in [0.15, 0.2) is 6.29 Å². The minimum atomic E-state index is -1.09. The van der Waals surface area contributed by atoms with Crippen LogP contribution in [-0.2, 0) is 18.9 Å². The van der Waals surface area contributed by atoms with Gasteiger partial charge in [-0.25, -0.2) is 0 Å². The van der Waals surface area contributed by atoms with Crippen molar-refractivity contribution in [3.8, 4) is 0 Å². The Hall–Kier alpha value is -2.00. The highest BCUT2D eigenvalue weighted by atomic mass is 16.7. The third-order valence-corrected chi connectivity index (χ3v) is 6.05. The number of nitrogens with zero attached hydrogens (tertiary/aromatic N) is 1. The topological polar surface area (TPSA) is 80.6 Å². The molecule has 3 fully saturated rings. The molecule has 0 bridgehead atoms. The van der Waals surface area contributed by atoms with Crippen LogP contribution >= 0.6 is 0 Å². The molecule has 3 heterocycles. The zero-order valence-corrected chi connectivity index (χ0v) is 16.7. The minimum absolute atomic E-state index is 0.288. The highest BCUT2D eigenvalue weighted by Gasteiger charge is 2.49. The van der Waals surface area contributed by atoms with Gasteiger partial charge in [0.05, 0.1) is 19.8 Å². The maximum Gasteiger partial charge on any atom is 0.184 e. The Bertz CT molecular complexity index is 823. The molecular formula is C23H27NO6. The van der Waals surface area contributed by atoms with Gasteiger partial charge < -0.3 is 34.1 Å². The van der Waals surface area contributed by atoms with E-state index in [1.807, 2.05) is 54.6 Å². The van der Waals surface area contributed by atoms with Crippen LogP contribution in [0.2, 0.25) is 0 Å². The highest BCUT2D eigenvalue weighted by molar-refractivity contribution is 5.48. The van der Waals surface area contributed by atoms with Crippen LogP contribution in [-0.4, -0.2) is 67.5 Å². The number of anilines is 1. The molecule has 3 aliphatic rings. The van der Waals surface area contributed by atoms with E-state index in [4.69, 9.17) is 18.9 Å². The number of ether oxygens (including phenoxy) is 4. The fourth-order valence-corrected chi connectivity index (χ4v) is 4.36. The number of aliphatic hydroxyl groups is 2. The molecule has 0 spiro atoms. The Kier molecular flexibility index (Phi) is 5.73. The lowest BCUT2D eigenvalue weighted by Gasteiger charge is -2.46. The maximum absolute atomic E-state index is 10.8. The lowest BCUT2D eigenvalue weighted by molar-refractivity contribution is -0.330. The van der Waals surface area contributed by atoms with Gasteiger partial charge in [-0.2, -0.15) is 0 Å². The predicted molar refractivity (Wildman–Crippen MR) is 109 cm³/mol. The molecule has 0 amide bonds. The van der Waals surface area contributed by atoms with E-state index < -0.39 is 36.8 Å². The van der Waals surface area contributed by atoms with Crippen molar-refractivity contribution >= 4 is 5.69 Å². The number of rotatable bonds is 3. The molecule has 2 aromatic rings. The molecule has 2 aromatic carbocycles. The van der Waals surface area contributed by atoms with Crippen molar-refractivity contribution in [2.45, 2.75) is 36.8 Å². The van der Waals surface area contributed by atoms with Gasteiger partial charge in [0.25, 0.3) is 0 Å². The standard InChI is InChI=1S/C23H27NO6/c25-19-20(26)22-18(14-28-23(30-22)16-4-2-1-3-5-16)29-21(19)15-6-8-17(9-7-15)24-10-12-27-13-11-24/h1-9,18-23,25-26H,10-14H2/t18-,19-,20-,21+,22-,23?/m1/s1. The summed E-state index contributed by atoms with van der Waals surface area (Å²) in [4.78, 5) is 2.27. The quantitative estimate of drug-likeness (QED) is 0.794. The summed E-state index contributed by atoms with van der Waals surface area (Å²) >= 11 is 0. The largest absolute Gasteiger partial charge is 0.387 e. The molecule has 0 aromatic heterocycles. The smallest absolute Gasteiger partial charge is 0.184 e. The molecule has 3 saturated heterocycles. The van der Waals surface area contributed by atoms with E-state index in [2.05, 4.69) is 4.90 Å². The average molecular weight is 413 g/mol. The molecule has 160 valence electrons. The van der Waals surface area contributed by atoms with E-state index in [1.165, 1.54) is 0 Å². The number of hydrogen-bond donors (Lipinski definition) is 2. The Morgan fingerprint density at radius 3 is 2.27 bits per heavy atom. The van der Waals surface area contributed by atoms with Gasteiger partial charge in [0.1, 0.15) is 30.5 Å². The van der Waals surface area contributed by atoms with Crippen molar-refractivity contribution in [2.24, 2.45) is 0 Å². The third kappa shape index (κ3) is 3.85. The first-order chi connectivity index (χ1) is 14.7. The molecule has 1 unspecified atom stereocenters. The molecule has 0 saturated carbocycles. The van der Waals surface area contributed by atoms with E-state index in [0.29, 0.717) is 0 Å². The van der Waals surface area contributed by atoms with Crippen LogP contribution in [0.4, 0.5) is 5.69 Å². The van der Waals surface area contributed by atoms with Crippen molar-refractivity contribution in [1.82, 2.24) is 0 Å². The van der Waals surface area contributed by atoms with Crippen molar-refractivity contribution in [2.75, 3.05) is 37.8 Å². The minimum Gasteiger partial charge on any atom is -0.387 e. The predicted octanol–water partition coefficient (Wildman–Crippen LogP) is 1.80. The monoisotopic (exact) mass is 413 g/mol. The number of aliphatic hydroxyl groups excluding tert-OH is 2. The van der Waals surface area contributed by atoms with Crippen LogP contribution in [0.5, 0.6) is 0 Å². The third-order valence-electron chi connectivity index (χ3n) is 6.05. The molecule has 7 nitrogen and oxygen atoms in total. The number of fused-ring (bicyclic) bond motifs is 1. The number of benzene rings is 2. The van der Waals surface area contributed by atoms with E-state index in [0.717, 1.165) is 43.1 Å². The molecule has 3 aliphatic heterocycles. The first-order valence-electron chi connectivity index (χ1n) is 10.5. The van der Waals surface area contributed by atoms with E-state index in [-0.39, 0.29) is 6.61 Å².